The second kappa shape index (κ2) is 7.83. The van der Waals surface area contributed by atoms with Gasteiger partial charge in [0.2, 0.25) is 10.0 Å². The van der Waals surface area contributed by atoms with E-state index in [1.165, 1.54) is 22.5 Å². The highest BCUT2D eigenvalue weighted by atomic mass is 32.2. The highest BCUT2D eigenvalue weighted by Gasteiger charge is 2.44. The fourth-order valence-corrected chi connectivity index (χ4v) is 5.96. The lowest BCUT2D eigenvalue weighted by atomic mass is 10.0. The van der Waals surface area contributed by atoms with Crippen LogP contribution in [0.5, 0.6) is 0 Å². The van der Waals surface area contributed by atoms with Crippen molar-refractivity contribution in [1.82, 2.24) is 4.31 Å². The number of piperidine rings is 1. The van der Waals surface area contributed by atoms with Gasteiger partial charge in [-0.1, -0.05) is 42.5 Å². The molecule has 29 heavy (non-hydrogen) atoms. The van der Waals surface area contributed by atoms with Crippen molar-refractivity contribution in [3.05, 3.63) is 75.8 Å². The molecule has 0 radical (unpaired) electrons. The van der Waals surface area contributed by atoms with E-state index in [0.717, 1.165) is 0 Å². The maximum Gasteiger partial charge on any atom is 0.269 e. The topological polar surface area (TPSA) is 99.0 Å². The lowest BCUT2D eigenvalue weighted by Crippen LogP contribution is -2.48. The highest BCUT2D eigenvalue weighted by molar-refractivity contribution is 7.89. The van der Waals surface area contributed by atoms with Gasteiger partial charge in [0.25, 0.3) is 5.69 Å². The molecular formula is C20H22N2O6S. The lowest BCUT2D eigenvalue weighted by molar-refractivity contribution is -0.384. The molecular weight excluding hydrogens is 396 g/mol. The van der Waals surface area contributed by atoms with Gasteiger partial charge in [-0.15, -0.1) is 0 Å². The second-order valence-corrected chi connectivity index (χ2v) is 9.21. The van der Waals surface area contributed by atoms with Crippen LogP contribution in [0, 0.1) is 10.1 Å². The van der Waals surface area contributed by atoms with E-state index >= 15 is 0 Å². The quantitative estimate of drug-likeness (QED) is 0.547. The number of rotatable bonds is 5. The summed E-state index contributed by atoms with van der Waals surface area (Å²) in [5.41, 5.74) is 0.810. The van der Waals surface area contributed by atoms with E-state index in [2.05, 4.69) is 0 Å². The van der Waals surface area contributed by atoms with Crippen molar-refractivity contribution in [3.63, 3.8) is 0 Å². The summed E-state index contributed by atoms with van der Waals surface area (Å²) in [6.07, 6.45) is 0.922. The predicted octanol–water partition coefficient (Wildman–Crippen LogP) is 2.85. The molecule has 1 spiro atoms. The van der Waals surface area contributed by atoms with E-state index in [4.69, 9.17) is 9.47 Å². The van der Waals surface area contributed by atoms with Gasteiger partial charge in [0.1, 0.15) is 5.25 Å². The van der Waals surface area contributed by atoms with Crippen LogP contribution in [0.3, 0.4) is 0 Å². The Hall–Kier alpha value is -2.33. The number of nitro benzene ring substituents is 1. The molecule has 2 aliphatic rings. The molecule has 4 rings (SSSR count). The number of benzene rings is 2. The summed E-state index contributed by atoms with van der Waals surface area (Å²) in [4.78, 5) is 10.7. The Kier molecular flexibility index (Phi) is 5.39. The van der Waals surface area contributed by atoms with Gasteiger partial charge in [-0.05, 0) is 11.1 Å². The van der Waals surface area contributed by atoms with E-state index in [1.807, 2.05) is 0 Å². The molecule has 0 amide bonds. The first-order valence-corrected chi connectivity index (χ1v) is 11.0. The fourth-order valence-electron chi connectivity index (χ4n) is 3.98. The number of sulfonamides is 1. The Morgan fingerprint density at radius 3 is 2.21 bits per heavy atom. The van der Waals surface area contributed by atoms with Crippen LogP contribution in [-0.4, -0.2) is 49.7 Å². The molecule has 2 heterocycles. The van der Waals surface area contributed by atoms with E-state index in [9.17, 15) is 18.5 Å². The van der Waals surface area contributed by atoms with E-state index in [0.29, 0.717) is 37.2 Å². The van der Waals surface area contributed by atoms with Crippen LogP contribution in [0.1, 0.15) is 29.2 Å². The Morgan fingerprint density at radius 2 is 1.59 bits per heavy atom. The zero-order valence-electron chi connectivity index (χ0n) is 15.8. The monoisotopic (exact) mass is 418 g/mol. The number of non-ortho nitro benzene ring substituents is 1. The normalized spacial score (nSPS) is 20.6. The molecule has 0 bridgehead atoms. The van der Waals surface area contributed by atoms with Gasteiger partial charge in [0.05, 0.1) is 18.1 Å². The first kappa shape index (κ1) is 20.0. The van der Waals surface area contributed by atoms with Crippen molar-refractivity contribution in [1.29, 1.82) is 0 Å². The van der Waals surface area contributed by atoms with Crippen molar-refractivity contribution in [3.8, 4) is 0 Å². The third-order valence-electron chi connectivity index (χ3n) is 5.44. The van der Waals surface area contributed by atoms with E-state index in [-0.39, 0.29) is 18.8 Å². The molecule has 1 unspecified atom stereocenters. The number of nitrogens with zero attached hydrogens (tertiary/aromatic N) is 2. The smallest absolute Gasteiger partial charge is 0.269 e. The molecule has 2 aliphatic heterocycles. The van der Waals surface area contributed by atoms with Gasteiger partial charge < -0.3 is 9.47 Å². The second-order valence-electron chi connectivity index (χ2n) is 7.19. The molecule has 0 aromatic heterocycles. The minimum absolute atomic E-state index is 0.135. The largest absolute Gasteiger partial charge is 0.347 e. The lowest BCUT2D eigenvalue weighted by Gasteiger charge is -2.38. The Labute approximate surface area is 169 Å². The van der Waals surface area contributed by atoms with Crippen LogP contribution in [-0.2, 0) is 19.5 Å². The molecule has 154 valence electrons. The molecule has 2 fully saturated rings. The SMILES string of the molecule is O=[N+]([O-])c1cccc(C(c2ccccc2)S(=O)(=O)N2CCC3(CC2)OCCO3)c1. The van der Waals surface area contributed by atoms with E-state index < -0.39 is 26.0 Å². The predicted molar refractivity (Wildman–Crippen MR) is 106 cm³/mol. The van der Waals surface area contributed by atoms with Crippen molar-refractivity contribution in [2.45, 2.75) is 23.9 Å². The van der Waals surface area contributed by atoms with Gasteiger partial charge in [-0.3, -0.25) is 10.1 Å². The van der Waals surface area contributed by atoms with Gasteiger partial charge >= 0.3 is 0 Å². The number of hydrogen-bond donors (Lipinski definition) is 0. The highest BCUT2D eigenvalue weighted by Crippen LogP contribution is 2.38. The third kappa shape index (κ3) is 3.91. The Balaban J connectivity index is 1.69. The molecule has 0 saturated carbocycles. The summed E-state index contributed by atoms with van der Waals surface area (Å²) in [5.74, 6) is -0.681. The van der Waals surface area contributed by atoms with Crippen LogP contribution >= 0.6 is 0 Å². The number of nitro groups is 1. The minimum Gasteiger partial charge on any atom is -0.347 e. The van der Waals surface area contributed by atoms with Crippen LogP contribution in [0.4, 0.5) is 5.69 Å². The van der Waals surface area contributed by atoms with Crippen molar-refractivity contribution in [2.24, 2.45) is 0 Å². The summed E-state index contributed by atoms with van der Waals surface area (Å²) in [6.45, 7) is 1.60. The van der Waals surface area contributed by atoms with Crippen LogP contribution < -0.4 is 0 Å². The average molecular weight is 418 g/mol. The van der Waals surface area contributed by atoms with Crippen LogP contribution in [0.15, 0.2) is 54.6 Å². The van der Waals surface area contributed by atoms with Gasteiger partial charge in [0, 0.05) is 38.1 Å². The Morgan fingerprint density at radius 1 is 0.966 bits per heavy atom. The molecule has 2 saturated heterocycles. The third-order valence-corrected chi connectivity index (χ3v) is 7.67. The van der Waals surface area contributed by atoms with Gasteiger partial charge in [-0.2, -0.15) is 0 Å². The maximum absolute atomic E-state index is 13.6. The Bertz CT molecular complexity index is 979. The van der Waals surface area contributed by atoms with Gasteiger partial charge in [0.15, 0.2) is 5.79 Å². The van der Waals surface area contributed by atoms with Crippen molar-refractivity contribution >= 4 is 15.7 Å². The molecule has 8 nitrogen and oxygen atoms in total. The molecule has 9 heteroatoms. The zero-order chi connectivity index (χ0) is 20.5. The summed E-state index contributed by atoms with van der Waals surface area (Å²) < 4.78 is 40.1. The van der Waals surface area contributed by atoms with Crippen molar-refractivity contribution < 1.29 is 22.8 Å². The minimum atomic E-state index is -3.82. The summed E-state index contributed by atoms with van der Waals surface area (Å²) in [5, 5.41) is 10.2. The summed E-state index contributed by atoms with van der Waals surface area (Å²) in [6, 6.07) is 14.6. The van der Waals surface area contributed by atoms with Crippen molar-refractivity contribution in [2.75, 3.05) is 26.3 Å². The molecule has 0 aliphatic carbocycles. The molecule has 2 aromatic rings. The molecule has 1 atom stereocenters. The standard InChI is InChI=1S/C20H22N2O6S/c23-22(24)18-8-4-7-17(15-18)19(16-5-2-1-3-6-16)29(25,26)21-11-9-20(10-12-21)27-13-14-28-20/h1-8,15,19H,9-14H2. The first-order valence-electron chi connectivity index (χ1n) is 9.47. The molecule has 0 N–H and O–H groups in total. The fraction of sp³-hybridized carbons (Fsp3) is 0.400. The van der Waals surface area contributed by atoms with E-state index in [1.54, 1.807) is 36.4 Å². The number of hydrogen-bond acceptors (Lipinski definition) is 6. The average Bonchev–Trinajstić information content (AvgIpc) is 3.17. The van der Waals surface area contributed by atoms with Gasteiger partial charge in [-0.25, -0.2) is 12.7 Å². The first-order chi connectivity index (χ1) is 13.9. The summed E-state index contributed by atoms with van der Waals surface area (Å²) in [7, 11) is -3.82. The maximum atomic E-state index is 13.6. The zero-order valence-corrected chi connectivity index (χ0v) is 16.6. The summed E-state index contributed by atoms with van der Waals surface area (Å²) >= 11 is 0. The van der Waals surface area contributed by atoms with Crippen LogP contribution in [0.2, 0.25) is 0 Å². The van der Waals surface area contributed by atoms with Crippen LogP contribution in [0.25, 0.3) is 0 Å². The molecule has 2 aromatic carbocycles. The number of ether oxygens (including phenoxy) is 2.